The molecule has 1 aromatic carbocycles. The molecule has 3 nitrogen and oxygen atoms in total. The molecule has 0 saturated carbocycles. The van der Waals surface area contributed by atoms with Crippen LogP contribution in [0.2, 0.25) is 0 Å². The van der Waals surface area contributed by atoms with Crippen LogP contribution >= 0.6 is 0 Å². The number of nitrogens with zero attached hydrogens (tertiary/aromatic N) is 1. The second-order valence-corrected chi connectivity index (χ2v) is 5.58. The van der Waals surface area contributed by atoms with Crippen LogP contribution in [-0.2, 0) is 4.79 Å². The average molecular weight is 260 g/mol. The van der Waals surface area contributed by atoms with Crippen molar-refractivity contribution in [3.05, 3.63) is 35.4 Å². The molecule has 2 atom stereocenters. The van der Waals surface area contributed by atoms with Gasteiger partial charge in [0.05, 0.1) is 0 Å². The zero-order valence-corrected chi connectivity index (χ0v) is 11.9. The summed E-state index contributed by atoms with van der Waals surface area (Å²) in [5, 5.41) is 0. The lowest BCUT2D eigenvalue weighted by atomic mass is 9.93. The monoisotopic (exact) mass is 260 g/mol. The first-order valence-electron chi connectivity index (χ1n) is 7.18. The van der Waals surface area contributed by atoms with Gasteiger partial charge in [-0.1, -0.05) is 24.3 Å². The van der Waals surface area contributed by atoms with Gasteiger partial charge >= 0.3 is 0 Å². The van der Waals surface area contributed by atoms with Gasteiger partial charge in [-0.2, -0.15) is 0 Å². The topological polar surface area (TPSA) is 46.3 Å². The number of amides is 1. The first-order valence-corrected chi connectivity index (χ1v) is 7.18. The molecule has 3 heteroatoms. The Labute approximate surface area is 115 Å². The third-order valence-corrected chi connectivity index (χ3v) is 4.12. The number of aryl methyl sites for hydroxylation is 1. The highest BCUT2D eigenvalue weighted by Gasteiger charge is 2.33. The summed E-state index contributed by atoms with van der Waals surface area (Å²) in [4.78, 5) is 14.2. The molecular weight excluding hydrogens is 236 g/mol. The highest BCUT2D eigenvalue weighted by atomic mass is 16.2. The molecule has 0 radical (unpaired) electrons. The van der Waals surface area contributed by atoms with Crippen molar-refractivity contribution in [2.24, 2.45) is 5.73 Å². The minimum absolute atomic E-state index is 0.258. The van der Waals surface area contributed by atoms with Gasteiger partial charge < -0.3 is 10.6 Å². The minimum Gasteiger partial charge on any atom is -0.339 e. The van der Waals surface area contributed by atoms with Gasteiger partial charge in [-0.05, 0) is 44.4 Å². The quantitative estimate of drug-likeness (QED) is 0.904. The highest BCUT2D eigenvalue weighted by molar-refractivity contribution is 5.77. The van der Waals surface area contributed by atoms with Gasteiger partial charge in [0.2, 0.25) is 5.91 Å². The summed E-state index contributed by atoms with van der Waals surface area (Å²) >= 11 is 0. The Morgan fingerprint density at radius 1 is 1.42 bits per heavy atom. The van der Waals surface area contributed by atoms with Crippen LogP contribution in [0.5, 0.6) is 0 Å². The van der Waals surface area contributed by atoms with Crippen LogP contribution in [0.25, 0.3) is 0 Å². The molecule has 2 N–H and O–H groups in total. The lowest BCUT2D eigenvalue weighted by molar-refractivity contribution is -0.131. The van der Waals surface area contributed by atoms with Gasteiger partial charge in [-0.3, -0.25) is 4.79 Å². The van der Waals surface area contributed by atoms with E-state index in [4.69, 9.17) is 5.73 Å². The van der Waals surface area contributed by atoms with E-state index >= 15 is 0 Å². The molecule has 1 aliphatic rings. The van der Waals surface area contributed by atoms with Gasteiger partial charge in [-0.25, -0.2) is 0 Å². The van der Waals surface area contributed by atoms with E-state index in [9.17, 15) is 4.79 Å². The zero-order chi connectivity index (χ0) is 13.8. The number of carbonyl (C=O) groups is 1. The Balaban J connectivity index is 2.05. The van der Waals surface area contributed by atoms with E-state index in [1.807, 2.05) is 4.90 Å². The van der Waals surface area contributed by atoms with Gasteiger partial charge in [0.25, 0.3) is 0 Å². The lowest BCUT2D eigenvalue weighted by Crippen LogP contribution is -2.34. The summed E-state index contributed by atoms with van der Waals surface area (Å²) in [6.45, 7) is 5.75. The van der Waals surface area contributed by atoms with E-state index in [0.29, 0.717) is 24.9 Å². The van der Waals surface area contributed by atoms with Crippen molar-refractivity contribution in [1.82, 2.24) is 4.90 Å². The number of rotatable bonds is 4. The van der Waals surface area contributed by atoms with Crippen molar-refractivity contribution < 1.29 is 4.79 Å². The molecule has 0 aliphatic carbocycles. The van der Waals surface area contributed by atoms with Crippen LogP contribution in [0, 0.1) is 6.92 Å². The van der Waals surface area contributed by atoms with Crippen LogP contribution in [0.15, 0.2) is 24.3 Å². The van der Waals surface area contributed by atoms with Crippen LogP contribution in [0.3, 0.4) is 0 Å². The van der Waals surface area contributed by atoms with E-state index in [1.54, 1.807) is 0 Å². The molecule has 1 amide bonds. The van der Waals surface area contributed by atoms with E-state index in [1.165, 1.54) is 11.1 Å². The minimum atomic E-state index is 0.258. The van der Waals surface area contributed by atoms with Gasteiger partial charge in [-0.15, -0.1) is 0 Å². The molecule has 1 aliphatic heterocycles. The molecular formula is C16H24N2O. The van der Waals surface area contributed by atoms with E-state index in [0.717, 1.165) is 19.4 Å². The van der Waals surface area contributed by atoms with Gasteiger partial charge in [0.1, 0.15) is 0 Å². The Morgan fingerprint density at radius 2 is 2.16 bits per heavy atom. The van der Waals surface area contributed by atoms with Crippen molar-refractivity contribution >= 4 is 5.91 Å². The predicted molar refractivity (Wildman–Crippen MR) is 78.0 cm³/mol. The summed E-state index contributed by atoms with van der Waals surface area (Å²) in [7, 11) is 0. The SMILES string of the molecule is Cc1ccccc1[C@H]1C[C@@H](C)N(C(=O)CCCN)C1. The Kier molecular flexibility index (Phi) is 4.59. The molecule has 0 bridgehead atoms. The molecule has 2 rings (SSSR count). The maximum Gasteiger partial charge on any atom is 0.222 e. The standard InChI is InChI=1S/C16H24N2O/c1-12-6-3-4-7-15(12)14-10-13(2)18(11-14)16(19)8-5-9-17/h3-4,6-7,13-14H,5,8-11,17H2,1-2H3/t13-,14+/m1/s1. The van der Waals surface area contributed by atoms with E-state index < -0.39 is 0 Å². The fourth-order valence-corrected chi connectivity index (χ4v) is 3.05. The van der Waals surface area contributed by atoms with Crippen LogP contribution < -0.4 is 5.73 Å². The van der Waals surface area contributed by atoms with Gasteiger partial charge in [0, 0.05) is 24.9 Å². The molecule has 1 heterocycles. The fourth-order valence-electron chi connectivity index (χ4n) is 3.05. The maximum atomic E-state index is 12.1. The maximum absolute atomic E-state index is 12.1. The highest BCUT2D eigenvalue weighted by Crippen LogP contribution is 2.33. The van der Waals surface area contributed by atoms with Crippen molar-refractivity contribution in [2.75, 3.05) is 13.1 Å². The molecule has 104 valence electrons. The third kappa shape index (κ3) is 3.16. The molecule has 1 saturated heterocycles. The molecule has 0 unspecified atom stereocenters. The summed E-state index contributed by atoms with van der Waals surface area (Å²) in [6.07, 6.45) is 2.44. The fraction of sp³-hybridized carbons (Fsp3) is 0.562. The summed E-state index contributed by atoms with van der Waals surface area (Å²) in [6, 6.07) is 8.85. The molecule has 0 spiro atoms. The van der Waals surface area contributed by atoms with Crippen LogP contribution in [-0.4, -0.2) is 29.9 Å². The number of hydrogen-bond acceptors (Lipinski definition) is 2. The van der Waals surface area contributed by atoms with Crippen molar-refractivity contribution in [2.45, 2.75) is 45.1 Å². The molecule has 1 aromatic rings. The largest absolute Gasteiger partial charge is 0.339 e. The van der Waals surface area contributed by atoms with Crippen molar-refractivity contribution in [3.8, 4) is 0 Å². The Morgan fingerprint density at radius 3 is 2.84 bits per heavy atom. The van der Waals surface area contributed by atoms with Crippen LogP contribution in [0.4, 0.5) is 0 Å². The number of carbonyl (C=O) groups excluding carboxylic acids is 1. The lowest BCUT2D eigenvalue weighted by Gasteiger charge is -2.21. The number of nitrogens with two attached hydrogens (primary N) is 1. The molecule has 19 heavy (non-hydrogen) atoms. The second kappa shape index (κ2) is 6.20. The van der Waals surface area contributed by atoms with E-state index in [2.05, 4.69) is 38.1 Å². The number of hydrogen-bond donors (Lipinski definition) is 1. The average Bonchev–Trinajstić information content (AvgIpc) is 2.78. The number of benzene rings is 1. The van der Waals surface area contributed by atoms with E-state index in [-0.39, 0.29) is 5.91 Å². The summed E-state index contributed by atoms with van der Waals surface area (Å²) in [5.74, 6) is 0.743. The summed E-state index contributed by atoms with van der Waals surface area (Å²) < 4.78 is 0. The number of likely N-dealkylation sites (tertiary alicyclic amines) is 1. The third-order valence-electron chi connectivity index (χ3n) is 4.12. The smallest absolute Gasteiger partial charge is 0.222 e. The Bertz CT molecular complexity index is 444. The first kappa shape index (κ1) is 14.1. The van der Waals surface area contributed by atoms with Gasteiger partial charge in [0.15, 0.2) is 0 Å². The van der Waals surface area contributed by atoms with Crippen LogP contribution in [0.1, 0.15) is 43.2 Å². The molecule has 0 aromatic heterocycles. The zero-order valence-electron chi connectivity index (χ0n) is 11.9. The first-order chi connectivity index (χ1) is 9.13. The molecule has 1 fully saturated rings. The predicted octanol–water partition coefficient (Wildman–Crippen LogP) is 2.44. The van der Waals surface area contributed by atoms with Crippen molar-refractivity contribution in [1.29, 1.82) is 0 Å². The normalized spacial score (nSPS) is 22.8. The van der Waals surface area contributed by atoms with Crippen molar-refractivity contribution in [3.63, 3.8) is 0 Å². The summed E-state index contributed by atoms with van der Waals surface area (Å²) in [5.41, 5.74) is 8.20. The second-order valence-electron chi connectivity index (χ2n) is 5.58. The Hall–Kier alpha value is -1.35.